The molecule has 0 fully saturated rings. The second-order valence-electron chi connectivity index (χ2n) is 4.64. The van der Waals surface area contributed by atoms with Gasteiger partial charge in [-0.25, -0.2) is 0 Å². The van der Waals surface area contributed by atoms with Crippen LogP contribution in [-0.4, -0.2) is 11.7 Å². The summed E-state index contributed by atoms with van der Waals surface area (Å²) in [4.78, 5) is 0. The average molecular weight is 223 g/mol. The van der Waals surface area contributed by atoms with Gasteiger partial charge in [-0.05, 0) is 53.4 Å². The highest BCUT2D eigenvalue weighted by atomic mass is 16.2. The minimum Gasteiger partial charge on any atom is -0.392 e. The van der Waals surface area contributed by atoms with E-state index in [0.717, 1.165) is 25.7 Å². The molecule has 0 aliphatic rings. The molecule has 1 nitrogen and oxygen atoms in total. The zero-order valence-corrected chi connectivity index (χ0v) is 11.2. The van der Waals surface area contributed by atoms with Crippen molar-refractivity contribution in [2.45, 2.75) is 53.4 Å². The average Bonchev–Trinajstić information content (AvgIpc) is 2.17. The highest BCUT2D eigenvalue weighted by Crippen LogP contribution is 2.10. The van der Waals surface area contributed by atoms with E-state index in [9.17, 15) is 0 Å². The molecule has 92 valence electrons. The number of hydrogen-bond donors (Lipinski definition) is 1. The van der Waals surface area contributed by atoms with E-state index in [1.165, 1.54) is 16.7 Å². The van der Waals surface area contributed by atoms with Gasteiger partial charge in [0.2, 0.25) is 0 Å². The largest absolute Gasteiger partial charge is 1.00 e. The van der Waals surface area contributed by atoms with Crippen molar-refractivity contribution in [1.29, 1.82) is 0 Å². The van der Waals surface area contributed by atoms with E-state index in [-0.39, 0.29) is 8.03 Å². The van der Waals surface area contributed by atoms with Crippen LogP contribution in [0, 0.1) is 0 Å². The molecule has 0 unspecified atom stereocenters. The molecule has 0 aliphatic heterocycles. The second-order valence-corrected chi connectivity index (χ2v) is 4.64. The first kappa shape index (κ1) is 15.2. The first-order valence-corrected chi connectivity index (χ1v) is 6.11. The zero-order chi connectivity index (χ0) is 12.4. The van der Waals surface area contributed by atoms with E-state index in [1.54, 1.807) is 0 Å². The van der Waals surface area contributed by atoms with Crippen LogP contribution in [0.1, 0.15) is 54.8 Å². The Morgan fingerprint density at radius 1 is 0.875 bits per heavy atom. The summed E-state index contributed by atoms with van der Waals surface area (Å²) in [6.45, 7) is 8.71. The van der Waals surface area contributed by atoms with Gasteiger partial charge in [0, 0.05) is 0 Å². The highest BCUT2D eigenvalue weighted by molar-refractivity contribution is 5.05. The van der Waals surface area contributed by atoms with Gasteiger partial charge in [0.1, 0.15) is 0 Å². The minimum absolute atomic E-state index is 0. The van der Waals surface area contributed by atoms with Gasteiger partial charge in [-0.15, -0.1) is 0 Å². The van der Waals surface area contributed by atoms with Crippen LogP contribution in [0.2, 0.25) is 0 Å². The summed E-state index contributed by atoms with van der Waals surface area (Å²) in [5.74, 6) is 0. The van der Waals surface area contributed by atoms with Gasteiger partial charge in [-0.3, -0.25) is 0 Å². The van der Waals surface area contributed by atoms with Crippen molar-refractivity contribution in [3.05, 3.63) is 34.9 Å². The number of hydrogen-bond acceptors (Lipinski definition) is 1. The summed E-state index contributed by atoms with van der Waals surface area (Å²) in [7, 11) is 0. The van der Waals surface area contributed by atoms with Gasteiger partial charge in [0.05, 0.1) is 6.61 Å². The van der Waals surface area contributed by atoms with Crippen LogP contribution >= 0.6 is 0 Å². The molecule has 0 bridgehead atoms. The van der Waals surface area contributed by atoms with E-state index >= 15 is 0 Å². The molecule has 0 aromatic rings. The molecule has 0 amide bonds. The Morgan fingerprint density at radius 2 is 1.38 bits per heavy atom. The topological polar surface area (TPSA) is 20.2 Å². The van der Waals surface area contributed by atoms with Crippen molar-refractivity contribution in [2.75, 3.05) is 6.61 Å². The van der Waals surface area contributed by atoms with Crippen LogP contribution in [-0.2, 0) is 0 Å². The van der Waals surface area contributed by atoms with E-state index in [2.05, 4.69) is 39.8 Å². The van der Waals surface area contributed by atoms with Crippen LogP contribution in [0.25, 0.3) is 0 Å². The van der Waals surface area contributed by atoms with Gasteiger partial charge in [-0.2, -0.15) is 0 Å². The normalized spacial score (nSPS) is 12.8. The fourth-order valence-electron chi connectivity index (χ4n) is 1.49. The van der Waals surface area contributed by atoms with Gasteiger partial charge >= 0.3 is 1.43 Å². The first-order valence-electron chi connectivity index (χ1n) is 6.11. The third-order valence-electron chi connectivity index (χ3n) is 2.56. The molecule has 0 saturated carbocycles. The SMILES string of the molecule is CC(C)=CCCC(C)=CCCC(C)=CCO.[H+]. The lowest BCUT2D eigenvalue weighted by Crippen LogP contribution is -1.82. The Labute approximate surface area is 102 Å². The molecule has 1 N–H and O–H groups in total. The van der Waals surface area contributed by atoms with Crippen LogP contribution in [0.3, 0.4) is 0 Å². The number of aliphatic hydroxyl groups is 1. The molecular weight excluding hydrogens is 196 g/mol. The summed E-state index contributed by atoms with van der Waals surface area (Å²) in [5, 5.41) is 8.72. The summed E-state index contributed by atoms with van der Waals surface area (Å²) in [6.07, 6.45) is 10.9. The number of allylic oxidation sites excluding steroid dienone is 5. The van der Waals surface area contributed by atoms with Crippen molar-refractivity contribution in [2.24, 2.45) is 0 Å². The predicted octanol–water partition coefficient (Wildman–Crippen LogP) is 4.51. The standard InChI is InChI=1S/C15H26O/c1-13(2)7-5-8-14(3)9-6-10-15(4)11-12-16/h7,9,11,16H,5-6,8,10,12H2,1-4H3/p+1. The molecule has 0 spiro atoms. The first-order chi connectivity index (χ1) is 7.56. The Balaban J connectivity index is 0. The molecule has 0 radical (unpaired) electrons. The lowest BCUT2D eigenvalue weighted by molar-refractivity contribution is 0.341. The molecular formula is C15H27O+. The van der Waals surface area contributed by atoms with Crippen molar-refractivity contribution in [3.8, 4) is 0 Å². The molecule has 0 atom stereocenters. The van der Waals surface area contributed by atoms with Crippen LogP contribution in [0.15, 0.2) is 34.9 Å². The highest BCUT2D eigenvalue weighted by Gasteiger charge is 1.91. The molecule has 0 aliphatic carbocycles. The monoisotopic (exact) mass is 223 g/mol. The van der Waals surface area contributed by atoms with Crippen molar-refractivity contribution < 1.29 is 6.53 Å². The van der Waals surface area contributed by atoms with Crippen LogP contribution in [0.5, 0.6) is 0 Å². The zero-order valence-electron chi connectivity index (χ0n) is 12.2. The van der Waals surface area contributed by atoms with Crippen LogP contribution < -0.4 is 0 Å². The molecule has 0 heterocycles. The third kappa shape index (κ3) is 9.72. The lowest BCUT2D eigenvalue weighted by atomic mass is 10.1. The smallest absolute Gasteiger partial charge is 0.392 e. The molecule has 0 saturated heterocycles. The quantitative estimate of drug-likeness (QED) is 0.630. The Hall–Kier alpha value is -0.820. The predicted molar refractivity (Wildman–Crippen MR) is 73.6 cm³/mol. The van der Waals surface area contributed by atoms with Crippen molar-refractivity contribution in [3.63, 3.8) is 0 Å². The van der Waals surface area contributed by atoms with E-state index < -0.39 is 0 Å². The Bertz CT molecular complexity index is 271. The molecule has 0 rings (SSSR count). The fourth-order valence-corrected chi connectivity index (χ4v) is 1.49. The van der Waals surface area contributed by atoms with E-state index in [1.807, 2.05) is 6.08 Å². The van der Waals surface area contributed by atoms with Gasteiger partial charge in [-0.1, -0.05) is 34.9 Å². The van der Waals surface area contributed by atoms with Crippen molar-refractivity contribution in [1.82, 2.24) is 0 Å². The number of aliphatic hydroxyl groups excluding tert-OH is 1. The van der Waals surface area contributed by atoms with E-state index in [0.29, 0.717) is 0 Å². The summed E-state index contributed by atoms with van der Waals surface area (Å²) in [5.41, 5.74) is 4.14. The minimum atomic E-state index is 0. The summed E-state index contributed by atoms with van der Waals surface area (Å²) in [6, 6.07) is 0. The second kappa shape index (κ2) is 9.41. The van der Waals surface area contributed by atoms with Crippen molar-refractivity contribution >= 4 is 0 Å². The summed E-state index contributed by atoms with van der Waals surface area (Å²) < 4.78 is 0. The van der Waals surface area contributed by atoms with Crippen LogP contribution in [0.4, 0.5) is 0 Å². The maximum atomic E-state index is 8.72. The molecule has 16 heavy (non-hydrogen) atoms. The Kier molecular flexibility index (Phi) is 8.93. The van der Waals surface area contributed by atoms with E-state index in [4.69, 9.17) is 5.11 Å². The Morgan fingerprint density at radius 3 is 1.88 bits per heavy atom. The maximum absolute atomic E-state index is 8.72. The molecule has 0 aromatic carbocycles. The van der Waals surface area contributed by atoms with Gasteiger partial charge < -0.3 is 5.11 Å². The lowest BCUT2D eigenvalue weighted by Gasteiger charge is -2.00. The maximum Gasteiger partial charge on any atom is 1.00 e. The third-order valence-corrected chi connectivity index (χ3v) is 2.56. The number of rotatable bonds is 7. The van der Waals surface area contributed by atoms with Gasteiger partial charge in [0.25, 0.3) is 0 Å². The molecule has 1 heteroatoms. The fraction of sp³-hybridized carbons (Fsp3) is 0.600. The molecule has 0 aromatic heterocycles. The summed E-state index contributed by atoms with van der Waals surface area (Å²) >= 11 is 0. The van der Waals surface area contributed by atoms with Gasteiger partial charge in [0.15, 0.2) is 0 Å².